The Morgan fingerprint density at radius 2 is 1.87 bits per heavy atom. The van der Waals surface area contributed by atoms with Crippen LogP contribution in [-0.4, -0.2) is 5.25 Å². The maximum Gasteiger partial charge on any atom is 0.0176 e. The van der Waals surface area contributed by atoms with E-state index in [1.165, 1.54) is 22.2 Å². The van der Waals surface area contributed by atoms with Crippen LogP contribution in [0.4, 0.5) is 0 Å². The normalized spacial score (nSPS) is 32.5. The van der Waals surface area contributed by atoms with Crippen molar-refractivity contribution in [2.24, 2.45) is 11.8 Å². The lowest BCUT2D eigenvalue weighted by atomic mass is 10.1. The van der Waals surface area contributed by atoms with E-state index in [4.69, 9.17) is 0 Å². The maximum atomic E-state index is 3.47. The van der Waals surface area contributed by atoms with E-state index >= 15 is 0 Å². The predicted octanol–water partition coefficient (Wildman–Crippen LogP) is 4.51. The Morgan fingerprint density at radius 3 is 2.47 bits per heavy atom. The van der Waals surface area contributed by atoms with Gasteiger partial charge >= 0.3 is 0 Å². The first kappa shape index (κ1) is 9.98. The van der Waals surface area contributed by atoms with Crippen LogP contribution < -0.4 is 0 Å². The Bertz CT molecular complexity index is 382. The Morgan fingerprint density at radius 1 is 1.07 bits per heavy atom. The third kappa shape index (κ3) is 2.02. The standard InChI is InChI=1S/C13H13BrS/c14-11-3-5-12(6-4-11)15-13-8-9-1-2-10(13)7-9/h1-6,9-10,13H,7-8H2/t9-,10+,13-/m0/s1. The van der Waals surface area contributed by atoms with Crippen molar-refractivity contribution >= 4 is 27.7 Å². The highest BCUT2D eigenvalue weighted by molar-refractivity contribution is 9.10. The Kier molecular flexibility index (Phi) is 2.65. The predicted molar refractivity (Wildman–Crippen MR) is 69.1 cm³/mol. The molecule has 0 nitrogen and oxygen atoms in total. The number of hydrogen-bond donors (Lipinski definition) is 0. The monoisotopic (exact) mass is 280 g/mol. The van der Waals surface area contributed by atoms with Gasteiger partial charge in [-0.2, -0.15) is 0 Å². The highest BCUT2D eigenvalue weighted by atomic mass is 79.9. The van der Waals surface area contributed by atoms with Crippen LogP contribution in [0.1, 0.15) is 12.8 Å². The van der Waals surface area contributed by atoms with Crippen LogP contribution in [0.3, 0.4) is 0 Å². The zero-order chi connectivity index (χ0) is 10.3. The molecule has 0 amide bonds. The van der Waals surface area contributed by atoms with Crippen LogP contribution in [0.15, 0.2) is 45.8 Å². The smallest absolute Gasteiger partial charge is 0.0176 e. The summed E-state index contributed by atoms with van der Waals surface area (Å²) in [5.41, 5.74) is 0. The molecule has 1 fully saturated rings. The molecule has 0 heterocycles. The lowest BCUT2D eigenvalue weighted by Gasteiger charge is -2.17. The zero-order valence-corrected chi connectivity index (χ0v) is 10.8. The fourth-order valence-corrected chi connectivity index (χ4v) is 4.18. The molecule has 1 aromatic rings. The number of thioether (sulfide) groups is 1. The summed E-state index contributed by atoms with van der Waals surface area (Å²) in [7, 11) is 0. The number of rotatable bonds is 2. The molecule has 0 aromatic heterocycles. The second-order valence-electron chi connectivity index (χ2n) is 4.39. The molecule has 1 saturated carbocycles. The first-order valence-electron chi connectivity index (χ1n) is 5.42. The zero-order valence-electron chi connectivity index (χ0n) is 8.40. The number of benzene rings is 1. The quantitative estimate of drug-likeness (QED) is 0.719. The number of allylic oxidation sites excluding steroid dienone is 2. The van der Waals surface area contributed by atoms with Gasteiger partial charge in [-0.1, -0.05) is 28.1 Å². The fourth-order valence-electron chi connectivity index (χ4n) is 2.55. The van der Waals surface area contributed by atoms with Crippen molar-refractivity contribution in [3.05, 3.63) is 40.9 Å². The van der Waals surface area contributed by atoms with E-state index in [9.17, 15) is 0 Å². The second-order valence-corrected chi connectivity index (χ2v) is 6.62. The molecule has 3 rings (SSSR count). The molecule has 15 heavy (non-hydrogen) atoms. The van der Waals surface area contributed by atoms with Gasteiger partial charge in [-0.3, -0.25) is 0 Å². The van der Waals surface area contributed by atoms with Gasteiger partial charge in [-0.15, -0.1) is 11.8 Å². The molecular formula is C13H13BrS. The Balaban J connectivity index is 1.71. The lowest BCUT2D eigenvalue weighted by Crippen LogP contribution is -2.08. The van der Waals surface area contributed by atoms with Crippen molar-refractivity contribution in [2.45, 2.75) is 23.0 Å². The van der Waals surface area contributed by atoms with Crippen LogP contribution in [-0.2, 0) is 0 Å². The van der Waals surface area contributed by atoms with Crippen molar-refractivity contribution in [1.82, 2.24) is 0 Å². The first-order chi connectivity index (χ1) is 7.31. The Hall–Kier alpha value is -0.210. The van der Waals surface area contributed by atoms with Gasteiger partial charge in [0.05, 0.1) is 0 Å². The fraction of sp³-hybridized carbons (Fsp3) is 0.385. The summed E-state index contributed by atoms with van der Waals surface area (Å²) in [6.07, 6.45) is 7.60. The maximum absolute atomic E-state index is 3.47. The van der Waals surface area contributed by atoms with E-state index in [2.05, 4.69) is 64.1 Å². The van der Waals surface area contributed by atoms with Crippen molar-refractivity contribution in [3.8, 4) is 0 Å². The SMILES string of the molecule is Brc1ccc(S[C@H]2C[C@H]3C=C[C@@H]2C3)cc1. The molecular weight excluding hydrogens is 268 g/mol. The summed E-state index contributed by atoms with van der Waals surface area (Å²) in [6.45, 7) is 0. The van der Waals surface area contributed by atoms with Gasteiger partial charge in [0.15, 0.2) is 0 Å². The van der Waals surface area contributed by atoms with E-state index in [1.54, 1.807) is 0 Å². The largest absolute Gasteiger partial charge is 0.122 e. The number of fused-ring (bicyclic) bond motifs is 2. The molecule has 2 bridgehead atoms. The van der Waals surface area contributed by atoms with E-state index in [0.29, 0.717) is 0 Å². The molecule has 0 spiro atoms. The minimum absolute atomic E-state index is 0.821. The van der Waals surface area contributed by atoms with Gasteiger partial charge in [0.1, 0.15) is 0 Å². The van der Waals surface area contributed by atoms with Crippen molar-refractivity contribution in [1.29, 1.82) is 0 Å². The lowest BCUT2D eigenvalue weighted by molar-refractivity contribution is 0.692. The summed E-state index contributed by atoms with van der Waals surface area (Å²) in [6, 6.07) is 8.69. The summed E-state index contributed by atoms with van der Waals surface area (Å²) in [4.78, 5) is 1.41. The molecule has 0 unspecified atom stereocenters. The van der Waals surface area contributed by atoms with Gasteiger partial charge in [0.25, 0.3) is 0 Å². The van der Waals surface area contributed by atoms with Crippen molar-refractivity contribution < 1.29 is 0 Å². The van der Waals surface area contributed by atoms with Crippen molar-refractivity contribution in [3.63, 3.8) is 0 Å². The molecule has 1 aromatic carbocycles. The summed E-state index contributed by atoms with van der Waals surface area (Å²) < 4.78 is 1.17. The molecule has 3 atom stereocenters. The molecule has 2 aliphatic rings. The van der Waals surface area contributed by atoms with Crippen LogP contribution in [0.5, 0.6) is 0 Å². The summed E-state index contributed by atoms with van der Waals surface area (Å²) >= 11 is 5.52. The van der Waals surface area contributed by atoms with Gasteiger partial charge in [-0.05, 0) is 48.9 Å². The summed E-state index contributed by atoms with van der Waals surface area (Å²) in [5, 5.41) is 0.821. The third-order valence-corrected chi connectivity index (χ3v) is 5.24. The average molecular weight is 281 g/mol. The molecule has 0 radical (unpaired) electrons. The molecule has 0 aliphatic heterocycles. The first-order valence-corrected chi connectivity index (χ1v) is 7.09. The molecule has 2 heteroatoms. The third-order valence-electron chi connectivity index (χ3n) is 3.32. The van der Waals surface area contributed by atoms with Crippen LogP contribution in [0, 0.1) is 11.8 Å². The summed E-state index contributed by atoms with van der Waals surface area (Å²) in [5.74, 6) is 1.71. The number of hydrogen-bond acceptors (Lipinski definition) is 1. The molecule has 0 saturated heterocycles. The average Bonchev–Trinajstić information content (AvgIpc) is 2.83. The Labute approximate surface area is 103 Å². The minimum atomic E-state index is 0.821. The van der Waals surface area contributed by atoms with Gasteiger partial charge in [0.2, 0.25) is 0 Å². The van der Waals surface area contributed by atoms with E-state index in [-0.39, 0.29) is 0 Å². The van der Waals surface area contributed by atoms with Gasteiger partial charge in [-0.25, -0.2) is 0 Å². The van der Waals surface area contributed by atoms with E-state index in [1.807, 2.05) is 0 Å². The van der Waals surface area contributed by atoms with Gasteiger partial charge in [0, 0.05) is 14.6 Å². The number of halogens is 1. The van der Waals surface area contributed by atoms with Gasteiger partial charge < -0.3 is 0 Å². The van der Waals surface area contributed by atoms with Crippen LogP contribution in [0.2, 0.25) is 0 Å². The van der Waals surface area contributed by atoms with Crippen LogP contribution >= 0.6 is 27.7 Å². The molecule has 78 valence electrons. The van der Waals surface area contributed by atoms with Crippen molar-refractivity contribution in [2.75, 3.05) is 0 Å². The molecule has 0 N–H and O–H groups in total. The highest BCUT2D eigenvalue weighted by Crippen LogP contribution is 2.47. The highest BCUT2D eigenvalue weighted by Gasteiger charge is 2.35. The van der Waals surface area contributed by atoms with Crippen LogP contribution in [0.25, 0.3) is 0 Å². The molecule has 2 aliphatic carbocycles. The second kappa shape index (κ2) is 3.99. The topological polar surface area (TPSA) is 0 Å². The van der Waals surface area contributed by atoms with E-state index < -0.39 is 0 Å². The van der Waals surface area contributed by atoms with E-state index in [0.717, 1.165) is 17.1 Å². The minimum Gasteiger partial charge on any atom is -0.122 e.